The molecule has 10 heteroatoms. The highest BCUT2D eigenvalue weighted by Crippen LogP contribution is 2.21. The zero-order valence-electron chi connectivity index (χ0n) is 17.3. The fourth-order valence-electron chi connectivity index (χ4n) is 3.51. The molecule has 3 aromatic rings. The number of hydrogen-bond donors (Lipinski definition) is 0. The van der Waals surface area contributed by atoms with Gasteiger partial charge in [-0.15, -0.1) is 0 Å². The van der Waals surface area contributed by atoms with E-state index in [1.165, 1.54) is 4.80 Å². The lowest BCUT2D eigenvalue weighted by atomic mass is 10.1. The average Bonchev–Trinajstić information content (AvgIpc) is 3.19. The van der Waals surface area contributed by atoms with Crippen LogP contribution in [0.1, 0.15) is 35.4 Å². The van der Waals surface area contributed by atoms with Crippen molar-refractivity contribution < 1.29 is 9.63 Å². The Bertz CT molecular complexity index is 1000. The second kappa shape index (κ2) is 8.54. The molecule has 30 heavy (non-hydrogen) atoms. The van der Waals surface area contributed by atoms with Gasteiger partial charge in [0.2, 0.25) is 0 Å². The van der Waals surface area contributed by atoms with Crippen molar-refractivity contribution in [1.82, 2.24) is 34.8 Å². The first-order valence-corrected chi connectivity index (χ1v) is 9.93. The average molecular weight is 408 g/mol. The number of rotatable bonds is 4. The summed E-state index contributed by atoms with van der Waals surface area (Å²) in [4.78, 5) is 35.8. The molecule has 0 N–H and O–H groups in total. The highest BCUT2D eigenvalue weighted by atomic mass is 16.7. The fourth-order valence-corrected chi connectivity index (χ4v) is 3.51. The summed E-state index contributed by atoms with van der Waals surface area (Å²) in [5.74, 6) is 1.64. The van der Waals surface area contributed by atoms with E-state index in [1.54, 1.807) is 23.5 Å². The van der Waals surface area contributed by atoms with Crippen LogP contribution >= 0.6 is 0 Å². The van der Waals surface area contributed by atoms with Crippen molar-refractivity contribution >= 4 is 11.9 Å². The number of para-hydroxylation sites is 1. The third kappa shape index (κ3) is 3.99. The quantitative estimate of drug-likeness (QED) is 0.643. The summed E-state index contributed by atoms with van der Waals surface area (Å²) in [7, 11) is 0. The molecule has 0 spiro atoms. The molecule has 1 aliphatic rings. The van der Waals surface area contributed by atoms with E-state index in [0.29, 0.717) is 48.5 Å². The van der Waals surface area contributed by atoms with Crippen LogP contribution in [-0.2, 0) is 4.84 Å². The Hall–Kier alpha value is -3.40. The van der Waals surface area contributed by atoms with Crippen LogP contribution in [0.2, 0.25) is 0 Å². The lowest BCUT2D eigenvalue weighted by Gasteiger charge is -2.28. The van der Waals surface area contributed by atoms with Gasteiger partial charge >= 0.3 is 0 Å². The van der Waals surface area contributed by atoms with E-state index in [2.05, 4.69) is 25.1 Å². The third-order valence-electron chi connectivity index (χ3n) is 4.98. The van der Waals surface area contributed by atoms with E-state index in [1.807, 2.05) is 43.9 Å². The van der Waals surface area contributed by atoms with Gasteiger partial charge in [-0.05, 0) is 32.4 Å². The Morgan fingerprint density at radius 1 is 1.07 bits per heavy atom. The van der Waals surface area contributed by atoms with Gasteiger partial charge in [-0.2, -0.15) is 25.0 Å². The highest BCUT2D eigenvalue weighted by molar-refractivity contribution is 5.98. The largest absolute Gasteiger partial charge is 0.331 e. The van der Waals surface area contributed by atoms with Crippen molar-refractivity contribution in [3.8, 4) is 5.69 Å². The molecule has 1 aromatic carbocycles. The molecule has 0 saturated carbocycles. The number of aryl methyl sites for hydroxylation is 2. The number of carbonyl (C=O) groups excluding carboxylic acids is 1. The predicted molar refractivity (Wildman–Crippen MR) is 109 cm³/mol. The topological polar surface area (TPSA) is 102 Å². The first kappa shape index (κ1) is 19.9. The molecule has 156 valence electrons. The molecule has 1 saturated heterocycles. The van der Waals surface area contributed by atoms with Gasteiger partial charge in [0, 0.05) is 6.54 Å². The zero-order valence-corrected chi connectivity index (χ0v) is 17.3. The van der Waals surface area contributed by atoms with Crippen molar-refractivity contribution in [2.45, 2.75) is 33.2 Å². The summed E-state index contributed by atoms with van der Waals surface area (Å²) in [5, 5.41) is 10.0. The minimum atomic E-state index is -0.0804. The SMILES string of the molecule is CC[C@@H]1CON(c2nc(C)nc(C)n2)CCN1C(=O)c1ccccc1-n1nccn1. The summed E-state index contributed by atoms with van der Waals surface area (Å²) >= 11 is 0. The van der Waals surface area contributed by atoms with E-state index < -0.39 is 0 Å². The van der Waals surface area contributed by atoms with Gasteiger partial charge in [-0.25, -0.2) is 10.0 Å². The van der Waals surface area contributed by atoms with Gasteiger partial charge in [-0.3, -0.25) is 9.63 Å². The van der Waals surface area contributed by atoms with Crippen molar-refractivity contribution in [3.63, 3.8) is 0 Å². The van der Waals surface area contributed by atoms with Gasteiger partial charge in [0.05, 0.1) is 42.8 Å². The van der Waals surface area contributed by atoms with Crippen LogP contribution in [0.3, 0.4) is 0 Å². The number of nitrogens with zero attached hydrogens (tertiary/aromatic N) is 8. The number of carbonyl (C=O) groups is 1. The second-order valence-electron chi connectivity index (χ2n) is 7.02. The molecule has 10 nitrogen and oxygen atoms in total. The van der Waals surface area contributed by atoms with E-state index in [-0.39, 0.29) is 11.9 Å². The van der Waals surface area contributed by atoms with Gasteiger partial charge in [0.15, 0.2) is 0 Å². The molecule has 1 aliphatic heterocycles. The zero-order chi connectivity index (χ0) is 21.1. The summed E-state index contributed by atoms with van der Waals surface area (Å²) in [6.07, 6.45) is 3.94. The van der Waals surface area contributed by atoms with Crippen molar-refractivity contribution in [2.75, 3.05) is 24.8 Å². The van der Waals surface area contributed by atoms with E-state index >= 15 is 0 Å². The number of benzene rings is 1. The van der Waals surface area contributed by atoms with Gasteiger partial charge in [-0.1, -0.05) is 19.1 Å². The van der Waals surface area contributed by atoms with Crippen LogP contribution in [0, 0.1) is 13.8 Å². The summed E-state index contributed by atoms with van der Waals surface area (Å²) < 4.78 is 0. The van der Waals surface area contributed by atoms with Crippen LogP contribution in [0.4, 0.5) is 5.95 Å². The Labute approximate surface area is 174 Å². The standard InChI is InChI=1S/C20H24N8O2/c1-4-16-13-30-27(20-24-14(2)23-15(3)25-20)12-11-26(16)19(29)17-7-5-6-8-18(17)28-21-9-10-22-28/h5-10,16H,4,11-13H2,1-3H3/t16-/m1/s1. The molecule has 2 aromatic heterocycles. The molecule has 0 radical (unpaired) electrons. The summed E-state index contributed by atoms with van der Waals surface area (Å²) in [6, 6.07) is 7.27. The molecular weight excluding hydrogens is 384 g/mol. The number of hydroxylamine groups is 1. The molecule has 0 aliphatic carbocycles. The van der Waals surface area contributed by atoms with E-state index in [9.17, 15) is 4.79 Å². The fraction of sp³-hybridized carbons (Fsp3) is 0.400. The number of amides is 1. The monoisotopic (exact) mass is 408 g/mol. The normalized spacial score (nSPS) is 17.1. The molecule has 3 heterocycles. The third-order valence-corrected chi connectivity index (χ3v) is 4.98. The van der Waals surface area contributed by atoms with E-state index in [0.717, 1.165) is 6.42 Å². The lowest BCUT2D eigenvalue weighted by Crippen LogP contribution is -2.43. The Morgan fingerprint density at radius 3 is 2.47 bits per heavy atom. The molecule has 1 amide bonds. The molecule has 0 bridgehead atoms. The molecule has 0 unspecified atom stereocenters. The smallest absolute Gasteiger partial charge is 0.256 e. The van der Waals surface area contributed by atoms with Crippen LogP contribution in [0.25, 0.3) is 5.69 Å². The summed E-state index contributed by atoms with van der Waals surface area (Å²) in [5.41, 5.74) is 1.19. The maximum Gasteiger partial charge on any atom is 0.256 e. The van der Waals surface area contributed by atoms with Gasteiger partial charge in [0.25, 0.3) is 11.9 Å². The molecule has 1 fully saturated rings. The Kier molecular flexibility index (Phi) is 5.66. The number of hydrogen-bond acceptors (Lipinski definition) is 8. The minimum absolute atomic E-state index is 0.0785. The van der Waals surface area contributed by atoms with Crippen LogP contribution in [0.15, 0.2) is 36.7 Å². The second-order valence-corrected chi connectivity index (χ2v) is 7.02. The van der Waals surface area contributed by atoms with Crippen molar-refractivity contribution in [3.05, 3.63) is 53.9 Å². The van der Waals surface area contributed by atoms with Crippen LogP contribution in [-0.4, -0.2) is 66.5 Å². The molecule has 1 atom stereocenters. The maximum atomic E-state index is 13.5. The van der Waals surface area contributed by atoms with Crippen LogP contribution in [0.5, 0.6) is 0 Å². The number of aromatic nitrogens is 6. The summed E-state index contributed by atoms with van der Waals surface area (Å²) in [6.45, 7) is 6.97. The minimum Gasteiger partial charge on any atom is -0.331 e. The van der Waals surface area contributed by atoms with E-state index in [4.69, 9.17) is 4.84 Å². The van der Waals surface area contributed by atoms with Crippen molar-refractivity contribution in [1.29, 1.82) is 0 Å². The van der Waals surface area contributed by atoms with Gasteiger partial charge < -0.3 is 4.90 Å². The van der Waals surface area contributed by atoms with Gasteiger partial charge in [0.1, 0.15) is 11.6 Å². The first-order chi connectivity index (χ1) is 14.6. The Morgan fingerprint density at radius 2 is 1.77 bits per heavy atom. The maximum absolute atomic E-state index is 13.5. The first-order valence-electron chi connectivity index (χ1n) is 9.93. The number of anilines is 1. The Balaban J connectivity index is 1.60. The van der Waals surface area contributed by atoms with Crippen LogP contribution < -0.4 is 5.06 Å². The van der Waals surface area contributed by atoms with Crippen molar-refractivity contribution in [2.24, 2.45) is 0 Å². The predicted octanol–water partition coefficient (Wildman–Crippen LogP) is 1.74. The molecule has 4 rings (SSSR count). The molecular formula is C20H24N8O2. The highest BCUT2D eigenvalue weighted by Gasteiger charge is 2.30. The lowest BCUT2D eigenvalue weighted by molar-refractivity contribution is 0.0554.